The first kappa shape index (κ1) is 24.4. The molecule has 1 fully saturated rings. The van der Waals surface area contributed by atoms with E-state index in [1.807, 2.05) is 47.1 Å². The van der Waals surface area contributed by atoms with Crippen molar-refractivity contribution in [1.29, 1.82) is 0 Å². The van der Waals surface area contributed by atoms with Gasteiger partial charge in [-0.3, -0.25) is 14.5 Å². The minimum atomic E-state index is -0.193. The maximum Gasteiger partial charge on any atom is 0.238 e. The van der Waals surface area contributed by atoms with Crippen molar-refractivity contribution in [3.63, 3.8) is 0 Å². The van der Waals surface area contributed by atoms with Crippen LogP contribution in [0.4, 0.5) is 5.69 Å². The van der Waals surface area contributed by atoms with E-state index in [1.54, 1.807) is 33.5 Å². The number of benzene rings is 2. The number of para-hydroxylation sites is 2. The van der Waals surface area contributed by atoms with E-state index in [0.717, 1.165) is 29.9 Å². The van der Waals surface area contributed by atoms with Gasteiger partial charge >= 0.3 is 0 Å². The number of likely N-dealkylation sites (tertiary alicyclic amines) is 1. The van der Waals surface area contributed by atoms with Crippen molar-refractivity contribution in [2.75, 3.05) is 52.8 Å². The van der Waals surface area contributed by atoms with Gasteiger partial charge in [0, 0.05) is 12.1 Å². The van der Waals surface area contributed by atoms with Crippen molar-refractivity contribution in [2.24, 2.45) is 0 Å². The molecule has 1 aliphatic rings. The molecule has 33 heavy (non-hydrogen) atoms. The van der Waals surface area contributed by atoms with Gasteiger partial charge in [0.2, 0.25) is 11.8 Å². The van der Waals surface area contributed by atoms with Crippen LogP contribution in [0.1, 0.15) is 31.4 Å². The van der Waals surface area contributed by atoms with Gasteiger partial charge in [0.05, 0.1) is 46.1 Å². The lowest BCUT2D eigenvalue weighted by Gasteiger charge is -2.29. The fraction of sp³-hybridized carbons (Fsp3) is 0.440. The number of amides is 2. The van der Waals surface area contributed by atoms with E-state index >= 15 is 0 Å². The molecule has 0 saturated carbocycles. The zero-order valence-corrected chi connectivity index (χ0v) is 19.8. The van der Waals surface area contributed by atoms with Crippen LogP contribution in [0.2, 0.25) is 0 Å². The SMILES string of the molecule is CCN(CC(=O)Nc1ccccc1OC)CC(=O)N1CCCC1c1cc(OC)ccc1OC. The molecule has 8 nitrogen and oxygen atoms in total. The number of carbonyl (C=O) groups is 2. The summed E-state index contributed by atoms with van der Waals surface area (Å²) in [5, 5.41) is 2.87. The average Bonchev–Trinajstić information content (AvgIpc) is 3.33. The Labute approximate surface area is 195 Å². The molecule has 1 aliphatic heterocycles. The number of methoxy groups -OCH3 is 3. The molecule has 1 saturated heterocycles. The first-order valence-corrected chi connectivity index (χ1v) is 11.2. The summed E-state index contributed by atoms with van der Waals surface area (Å²) in [6, 6.07) is 12.8. The van der Waals surface area contributed by atoms with Gasteiger partial charge in [0.25, 0.3) is 0 Å². The Bertz CT molecular complexity index is 965. The summed E-state index contributed by atoms with van der Waals surface area (Å²) in [7, 11) is 4.82. The Kier molecular flexibility index (Phi) is 8.54. The van der Waals surface area contributed by atoms with E-state index in [1.165, 1.54) is 0 Å². The highest BCUT2D eigenvalue weighted by Crippen LogP contribution is 2.39. The summed E-state index contributed by atoms with van der Waals surface area (Å²) >= 11 is 0. The predicted molar refractivity (Wildman–Crippen MR) is 127 cm³/mol. The number of carbonyl (C=O) groups excluding carboxylic acids is 2. The standard InChI is InChI=1S/C25H33N3O5/c1-5-27(16-24(29)26-20-9-6-7-11-23(20)33-4)17-25(30)28-14-8-10-21(28)19-15-18(31-2)12-13-22(19)32-3/h6-7,9,11-13,15,21H,5,8,10,14,16-17H2,1-4H3,(H,26,29). The number of hydrogen-bond acceptors (Lipinski definition) is 6. The Hall–Kier alpha value is -3.26. The van der Waals surface area contributed by atoms with Gasteiger partial charge in [0.1, 0.15) is 17.2 Å². The second kappa shape index (κ2) is 11.6. The largest absolute Gasteiger partial charge is 0.497 e. The molecule has 8 heteroatoms. The van der Waals surface area contributed by atoms with E-state index in [0.29, 0.717) is 24.5 Å². The Morgan fingerprint density at radius 3 is 2.48 bits per heavy atom. The number of anilines is 1. The average molecular weight is 456 g/mol. The predicted octanol–water partition coefficient (Wildman–Crippen LogP) is 3.34. The molecule has 178 valence electrons. The third-order valence-corrected chi connectivity index (χ3v) is 5.92. The van der Waals surface area contributed by atoms with Crippen LogP contribution in [0.25, 0.3) is 0 Å². The highest BCUT2D eigenvalue weighted by molar-refractivity contribution is 5.94. The molecule has 1 N–H and O–H groups in total. The zero-order valence-electron chi connectivity index (χ0n) is 19.8. The molecule has 0 radical (unpaired) electrons. The molecule has 1 heterocycles. The minimum Gasteiger partial charge on any atom is -0.497 e. The smallest absolute Gasteiger partial charge is 0.238 e. The lowest BCUT2D eigenvalue weighted by molar-refractivity contribution is -0.133. The van der Waals surface area contributed by atoms with Crippen molar-refractivity contribution >= 4 is 17.5 Å². The number of hydrogen-bond donors (Lipinski definition) is 1. The first-order valence-electron chi connectivity index (χ1n) is 11.2. The molecule has 3 rings (SSSR count). The molecule has 0 aromatic heterocycles. The van der Waals surface area contributed by atoms with Crippen LogP contribution in [-0.4, -0.2) is 69.1 Å². The third kappa shape index (κ3) is 5.96. The summed E-state index contributed by atoms with van der Waals surface area (Å²) in [5.74, 6) is 1.87. The van der Waals surface area contributed by atoms with Gasteiger partial charge in [-0.1, -0.05) is 19.1 Å². The molecular weight excluding hydrogens is 422 g/mol. The maximum absolute atomic E-state index is 13.3. The van der Waals surface area contributed by atoms with Crippen LogP contribution in [0, 0.1) is 0 Å². The number of nitrogens with one attached hydrogen (secondary N) is 1. The first-order chi connectivity index (χ1) is 16.0. The number of likely N-dealkylation sites (N-methyl/N-ethyl adjacent to an activating group) is 1. The van der Waals surface area contributed by atoms with Gasteiger partial charge in [-0.15, -0.1) is 0 Å². The fourth-order valence-corrected chi connectivity index (χ4v) is 4.19. The quantitative estimate of drug-likeness (QED) is 0.592. The summed E-state index contributed by atoms with van der Waals surface area (Å²) < 4.78 is 16.2. The minimum absolute atomic E-state index is 0.00526. The molecule has 2 aromatic carbocycles. The third-order valence-electron chi connectivity index (χ3n) is 5.92. The van der Waals surface area contributed by atoms with E-state index in [2.05, 4.69) is 5.32 Å². The second-order valence-electron chi connectivity index (χ2n) is 7.90. The topological polar surface area (TPSA) is 80.3 Å². The van der Waals surface area contributed by atoms with Gasteiger partial charge < -0.3 is 24.4 Å². The monoisotopic (exact) mass is 455 g/mol. The number of nitrogens with zero attached hydrogens (tertiary/aromatic N) is 2. The van der Waals surface area contributed by atoms with E-state index < -0.39 is 0 Å². The molecule has 2 amide bonds. The normalized spacial score (nSPS) is 15.4. The van der Waals surface area contributed by atoms with Gasteiger partial charge in [0.15, 0.2) is 0 Å². The summed E-state index contributed by atoms with van der Waals surface area (Å²) in [5.41, 5.74) is 1.55. The summed E-state index contributed by atoms with van der Waals surface area (Å²) in [6.07, 6.45) is 1.77. The van der Waals surface area contributed by atoms with E-state index in [-0.39, 0.29) is 30.9 Å². The van der Waals surface area contributed by atoms with Crippen LogP contribution in [0.15, 0.2) is 42.5 Å². The highest BCUT2D eigenvalue weighted by atomic mass is 16.5. The molecule has 2 aromatic rings. The molecule has 1 atom stereocenters. The van der Waals surface area contributed by atoms with Crippen LogP contribution >= 0.6 is 0 Å². The van der Waals surface area contributed by atoms with E-state index in [4.69, 9.17) is 14.2 Å². The van der Waals surface area contributed by atoms with Crippen molar-refractivity contribution in [3.05, 3.63) is 48.0 Å². The Morgan fingerprint density at radius 2 is 1.79 bits per heavy atom. The van der Waals surface area contributed by atoms with Crippen molar-refractivity contribution in [2.45, 2.75) is 25.8 Å². The number of rotatable bonds is 10. The zero-order chi connectivity index (χ0) is 23.8. The Balaban J connectivity index is 1.66. The van der Waals surface area contributed by atoms with Crippen molar-refractivity contribution in [1.82, 2.24) is 9.80 Å². The van der Waals surface area contributed by atoms with Crippen LogP contribution in [0.5, 0.6) is 17.2 Å². The maximum atomic E-state index is 13.3. The Morgan fingerprint density at radius 1 is 1.03 bits per heavy atom. The molecule has 0 aliphatic carbocycles. The lowest BCUT2D eigenvalue weighted by Crippen LogP contribution is -2.42. The van der Waals surface area contributed by atoms with Crippen LogP contribution in [0.3, 0.4) is 0 Å². The van der Waals surface area contributed by atoms with Crippen LogP contribution in [-0.2, 0) is 9.59 Å². The van der Waals surface area contributed by atoms with E-state index in [9.17, 15) is 9.59 Å². The van der Waals surface area contributed by atoms with Crippen LogP contribution < -0.4 is 19.5 Å². The summed E-state index contributed by atoms with van der Waals surface area (Å²) in [4.78, 5) is 29.6. The van der Waals surface area contributed by atoms with Gasteiger partial charge in [-0.25, -0.2) is 0 Å². The van der Waals surface area contributed by atoms with Gasteiger partial charge in [-0.2, -0.15) is 0 Å². The highest BCUT2D eigenvalue weighted by Gasteiger charge is 2.33. The van der Waals surface area contributed by atoms with Gasteiger partial charge in [-0.05, 0) is 49.7 Å². The molecule has 0 bridgehead atoms. The molecular formula is C25H33N3O5. The number of ether oxygens (including phenoxy) is 3. The lowest BCUT2D eigenvalue weighted by atomic mass is 10.0. The fourth-order valence-electron chi connectivity index (χ4n) is 4.19. The van der Waals surface area contributed by atoms with Crippen molar-refractivity contribution in [3.8, 4) is 17.2 Å². The van der Waals surface area contributed by atoms with Crippen molar-refractivity contribution < 1.29 is 23.8 Å². The molecule has 1 unspecified atom stereocenters. The summed E-state index contributed by atoms with van der Waals surface area (Å²) in [6.45, 7) is 3.47. The second-order valence-corrected chi connectivity index (χ2v) is 7.90. The molecule has 0 spiro atoms.